The van der Waals surface area contributed by atoms with Crippen molar-refractivity contribution in [1.82, 2.24) is 0 Å². The van der Waals surface area contributed by atoms with Crippen LogP contribution in [0.3, 0.4) is 0 Å². The zero-order valence-corrected chi connectivity index (χ0v) is 17.6. The van der Waals surface area contributed by atoms with Crippen molar-refractivity contribution in [2.24, 2.45) is 5.92 Å². The van der Waals surface area contributed by atoms with E-state index in [0.717, 1.165) is 43.4 Å². The number of anilines is 2. The number of sulfonamides is 1. The van der Waals surface area contributed by atoms with Gasteiger partial charge < -0.3 is 9.64 Å². The van der Waals surface area contributed by atoms with E-state index in [1.807, 2.05) is 17.0 Å². The van der Waals surface area contributed by atoms with E-state index < -0.39 is 10.0 Å². The normalized spacial score (nSPS) is 16.7. The Balaban J connectivity index is 1.54. The van der Waals surface area contributed by atoms with Crippen LogP contribution in [0.4, 0.5) is 11.4 Å². The van der Waals surface area contributed by atoms with Gasteiger partial charge >= 0.3 is 0 Å². The number of hydrogen-bond acceptors (Lipinski definition) is 4. The van der Waals surface area contributed by atoms with Crippen LogP contribution in [0, 0.1) is 12.8 Å². The predicted molar refractivity (Wildman–Crippen MR) is 113 cm³/mol. The molecule has 154 valence electrons. The number of methoxy groups -OCH3 is 1. The minimum Gasteiger partial charge on any atom is -0.497 e. The fourth-order valence-electron chi connectivity index (χ4n) is 4.35. The summed E-state index contributed by atoms with van der Waals surface area (Å²) in [6.45, 7) is 2.41. The molecule has 0 aromatic heterocycles. The molecule has 1 N–H and O–H groups in total. The summed E-state index contributed by atoms with van der Waals surface area (Å²) in [5.41, 5.74) is 3.04. The van der Waals surface area contributed by atoms with Crippen molar-refractivity contribution in [3.63, 3.8) is 0 Å². The van der Waals surface area contributed by atoms with Gasteiger partial charge in [-0.3, -0.25) is 9.52 Å². The third kappa shape index (κ3) is 3.83. The molecule has 0 saturated heterocycles. The summed E-state index contributed by atoms with van der Waals surface area (Å²) < 4.78 is 33.5. The molecule has 2 aliphatic rings. The molecule has 1 amide bonds. The minimum atomic E-state index is -3.72. The molecular weight excluding hydrogens is 388 g/mol. The number of fused-ring (bicyclic) bond motifs is 1. The van der Waals surface area contributed by atoms with Crippen molar-refractivity contribution in [1.29, 1.82) is 0 Å². The highest BCUT2D eigenvalue weighted by Gasteiger charge is 2.32. The van der Waals surface area contributed by atoms with Gasteiger partial charge in [0.05, 0.1) is 12.0 Å². The molecular formula is C22H26N2O4S. The first-order chi connectivity index (χ1) is 13.9. The number of carbonyl (C=O) groups excluding carboxylic acids is 1. The van der Waals surface area contributed by atoms with Gasteiger partial charge in [-0.2, -0.15) is 0 Å². The first-order valence-corrected chi connectivity index (χ1v) is 11.5. The lowest BCUT2D eigenvalue weighted by Crippen LogP contribution is -2.33. The van der Waals surface area contributed by atoms with E-state index in [1.54, 1.807) is 38.3 Å². The molecule has 0 spiro atoms. The van der Waals surface area contributed by atoms with Crippen LogP contribution in [0.1, 0.15) is 36.8 Å². The van der Waals surface area contributed by atoms with Crippen molar-refractivity contribution in [2.75, 3.05) is 23.3 Å². The Kier molecular flexibility index (Phi) is 5.25. The van der Waals surface area contributed by atoms with Gasteiger partial charge in [0, 0.05) is 23.8 Å². The van der Waals surface area contributed by atoms with Crippen LogP contribution < -0.4 is 14.4 Å². The molecule has 0 radical (unpaired) electrons. The van der Waals surface area contributed by atoms with E-state index in [9.17, 15) is 13.2 Å². The van der Waals surface area contributed by atoms with Crippen LogP contribution in [0.2, 0.25) is 0 Å². The largest absolute Gasteiger partial charge is 0.497 e. The number of aryl methyl sites for hydroxylation is 1. The smallest absolute Gasteiger partial charge is 0.262 e. The number of rotatable bonds is 5. The van der Waals surface area contributed by atoms with Crippen molar-refractivity contribution in [2.45, 2.75) is 43.9 Å². The number of ether oxygens (including phenoxy) is 1. The highest BCUT2D eigenvalue weighted by molar-refractivity contribution is 7.92. The van der Waals surface area contributed by atoms with Crippen LogP contribution in [-0.4, -0.2) is 28.0 Å². The van der Waals surface area contributed by atoms with Crippen molar-refractivity contribution in [3.8, 4) is 5.75 Å². The van der Waals surface area contributed by atoms with Gasteiger partial charge in [0.15, 0.2) is 0 Å². The van der Waals surface area contributed by atoms with Gasteiger partial charge in [-0.25, -0.2) is 8.42 Å². The Bertz CT molecular complexity index is 1040. The van der Waals surface area contributed by atoms with Gasteiger partial charge in [0.1, 0.15) is 5.75 Å². The van der Waals surface area contributed by atoms with Crippen molar-refractivity contribution >= 4 is 27.3 Å². The summed E-state index contributed by atoms with van der Waals surface area (Å²) in [6.07, 6.45) is 4.95. The van der Waals surface area contributed by atoms with Crippen LogP contribution in [0.15, 0.2) is 41.3 Å². The second-order valence-corrected chi connectivity index (χ2v) is 9.45. The average Bonchev–Trinajstić information content (AvgIpc) is 3.36. The molecule has 4 rings (SSSR count). The molecule has 0 unspecified atom stereocenters. The van der Waals surface area contributed by atoms with E-state index in [1.165, 1.54) is 0 Å². The summed E-state index contributed by atoms with van der Waals surface area (Å²) >= 11 is 0. The van der Waals surface area contributed by atoms with Gasteiger partial charge in [0.2, 0.25) is 5.91 Å². The highest BCUT2D eigenvalue weighted by Crippen LogP contribution is 2.35. The molecule has 1 saturated carbocycles. The van der Waals surface area contributed by atoms with Crippen LogP contribution in [0.25, 0.3) is 0 Å². The topological polar surface area (TPSA) is 75.7 Å². The number of benzene rings is 2. The molecule has 6 nitrogen and oxygen atoms in total. The highest BCUT2D eigenvalue weighted by atomic mass is 32.2. The average molecular weight is 415 g/mol. The lowest BCUT2D eigenvalue weighted by Gasteiger charge is -2.21. The third-order valence-corrected chi connectivity index (χ3v) is 7.41. The number of amides is 1. The lowest BCUT2D eigenvalue weighted by molar-refractivity contribution is -0.122. The Hall–Kier alpha value is -2.54. The van der Waals surface area contributed by atoms with E-state index in [2.05, 4.69) is 4.72 Å². The molecule has 2 aromatic rings. The van der Waals surface area contributed by atoms with Crippen LogP contribution >= 0.6 is 0 Å². The Labute approximate surface area is 171 Å². The molecule has 1 aliphatic carbocycles. The second kappa shape index (κ2) is 7.71. The Morgan fingerprint density at radius 2 is 1.90 bits per heavy atom. The SMILES string of the molecule is COc1ccc(S(=O)(=O)Nc2ccc3c(c2)CCN3C(=O)C2CCCC2)c(C)c1. The summed E-state index contributed by atoms with van der Waals surface area (Å²) in [5.74, 6) is 0.964. The molecule has 7 heteroatoms. The zero-order chi connectivity index (χ0) is 20.6. The van der Waals surface area contributed by atoms with E-state index in [-0.39, 0.29) is 16.7 Å². The molecule has 1 heterocycles. The maximum Gasteiger partial charge on any atom is 0.262 e. The summed E-state index contributed by atoms with van der Waals surface area (Å²) in [6, 6.07) is 10.3. The summed E-state index contributed by atoms with van der Waals surface area (Å²) in [7, 11) is -2.17. The molecule has 29 heavy (non-hydrogen) atoms. The zero-order valence-electron chi connectivity index (χ0n) is 16.8. The molecule has 1 fully saturated rings. The fourth-order valence-corrected chi connectivity index (χ4v) is 5.63. The van der Waals surface area contributed by atoms with Gasteiger partial charge in [0.25, 0.3) is 10.0 Å². The van der Waals surface area contributed by atoms with Gasteiger partial charge in [-0.15, -0.1) is 0 Å². The summed E-state index contributed by atoms with van der Waals surface area (Å²) in [5, 5.41) is 0. The lowest BCUT2D eigenvalue weighted by atomic mass is 10.1. The number of hydrogen-bond donors (Lipinski definition) is 1. The first kappa shape index (κ1) is 19.8. The van der Waals surface area contributed by atoms with Crippen molar-refractivity contribution < 1.29 is 17.9 Å². The molecule has 0 atom stereocenters. The second-order valence-electron chi connectivity index (χ2n) is 7.80. The summed E-state index contributed by atoms with van der Waals surface area (Å²) in [4.78, 5) is 14.9. The quantitative estimate of drug-likeness (QED) is 0.806. The Morgan fingerprint density at radius 1 is 1.14 bits per heavy atom. The Morgan fingerprint density at radius 3 is 2.59 bits per heavy atom. The van der Waals surface area contributed by atoms with Crippen LogP contribution in [-0.2, 0) is 21.2 Å². The molecule has 0 bridgehead atoms. The van der Waals surface area contributed by atoms with Crippen LogP contribution in [0.5, 0.6) is 5.75 Å². The first-order valence-electron chi connectivity index (χ1n) is 10.0. The van der Waals surface area contributed by atoms with E-state index >= 15 is 0 Å². The number of carbonyl (C=O) groups is 1. The minimum absolute atomic E-state index is 0.136. The number of nitrogens with zero attached hydrogens (tertiary/aromatic N) is 1. The van der Waals surface area contributed by atoms with Gasteiger partial charge in [-0.05, 0) is 73.7 Å². The molecule has 1 aliphatic heterocycles. The monoisotopic (exact) mass is 414 g/mol. The van der Waals surface area contributed by atoms with Crippen molar-refractivity contribution in [3.05, 3.63) is 47.5 Å². The fraction of sp³-hybridized carbons (Fsp3) is 0.409. The predicted octanol–water partition coefficient (Wildman–Crippen LogP) is 3.88. The van der Waals surface area contributed by atoms with E-state index in [0.29, 0.717) is 23.5 Å². The third-order valence-electron chi connectivity index (χ3n) is 5.87. The maximum absolute atomic E-state index is 12.9. The molecule has 2 aromatic carbocycles. The van der Waals surface area contributed by atoms with Gasteiger partial charge in [-0.1, -0.05) is 12.8 Å². The maximum atomic E-state index is 12.9. The van der Waals surface area contributed by atoms with E-state index in [4.69, 9.17) is 4.74 Å². The standard InChI is InChI=1S/C22H26N2O4S/c1-15-13-19(28-2)8-10-21(15)29(26,27)23-18-7-9-20-17(14-18)11-12-24(20)22(25)16-5-3-4-6-16/h7-10,13-14,16,23H,3-6,11-12H2,1-2H3. The number of nitrogens with one attached hydrogen (secondary N) is 1.